The molecule has 2 rings (SSSR count). The molecular weight excluding hydrogens is 338 g/mol. The zero-order valence-electron chi connectivity index (χ0n) is 12.8. The Hall–Kier alpha value is -2.34. The van der Waals surface area contributed by atoms with E-state index in [4.69, 9.17) is 11.6 Å². The second-order valence-corrected chi connectivity index (χ2v) is 5.44. The monoisotopic (exact) mass is 354 g/mol. The maximum atomic E-state index is 12.0. The highest BCUT2D eigenvalue weighted by Gasteiger charge is 2.04. The Labute approximate surface area is 143 Å². The van der Waals surface area contributed by atoms with E-state index in [1.54, 1.807) is 24.3 Å². The van der Waals surface area contributed by atoms with Gasteiger partial charge >= 0.3 is 12.6 Å². The summed E-state index contributed by atoms with van der Waals surface area (Å²) in [4.78, 5) is 11.7. The van der Waals surface area contributed by atoms with Gasteiger partial charge in [0, 0.05) is 18.1 Å². The molecule has 0 saturated heterocycles. The second kappa shape index (κ2) is 9.08. The van der Waals surface area contributed by atoms with Crippen LogP contribution in [-0.2, 0) is 13.0 Å². The summed E-state index contributed by atoms with van der Waals surface area (Å²) in [5.74, 6) is 0.113. The van der Waals surface area contributed by atoms with Crippen LogP contribution >= 0.6 is 11.6 Å². The van der Waals surface area contributed by atoms with Gasteiger partial charge in [-0.1, -0.05) is 35.9 Å². The summed E-state index contributed by atoms with van der Waals surface area (Å²) in [6.07, 6.45) is 0.587. The molecule has 0 spiro atoms. The SMILES string of the molecule is O=C(NCCc1ccc(OC(F)F)cc1)NCc1ccc(Cl)cc1. The van der Waals surface area contributed by atoms with Crippen LogP contribution in [-0.4, -0.2) is 19.2 Å². The zero-order valence-corrected chi connectivity index (χ0v) is 13.5. The number of ether oxygens (including phenoxy) is 1. The van der Waals surface area contributed by atoms with Gasteiger partial charge in [0.05, 0.1) is 0 Å². The van der Waals surface area contributed by atoms with Crippen molar-refractivity contribution in [3.8, 4) is 5.75 Å². The van der Waals surface area contributed by atoms with Gasteiger partial charge in [-0.15, -0.1) is 0 Å². The number of urea groups is 1. The maximum Gasteiger partial charge on any atom is 0.387 e. The van der Waals surface area contributed by atoms with E-state index in [1.165, 1.54) is 12.1 Å². The van der Waals surface area contributed by atoms with E-state index in [0.717, 1.165) is 11.1 Å². The first-order valence-corrected chi connectivity index (χ1v) is 7.70. The van der Waals surface area contributed by atoms with E-state index in [-0.39, 0.29) is 11.8 Å². The lowest BCUT2D eigenvalue weighted by Gasteiger charge is -2.09. The molecule has 0 saturated carbocycles. The van der Waals surface area contributed by atoms with Crippen LogP contribution in [0, 0.1) is 0 Å². The molecule has 0 aromatic heterocycles. The third kappa shape index (κ3) is 6.42. The van der Waals surface area contributed by atoms with Crippen LogP contribution in [0.5, 0.6) is 5.75 Å². The molecule has 0 aliphatic carbocycles. The van der Waals surface area contributed by atoms with Crippen molar-refractivity contribution >= 4 is 17.6 Å². The summed E-state index contributed by atoms with van der Waals surface area (Å²) in [5.41, 5.74) is 1.86. The first-order chi connectivity index (χ1) is 11.5. The molecule has 2 aromatic carbocycles. The summed E-state index contributed by atoms with van der Waals surface area (Å²) in [5, 5.41) is 6.12. The number of hydrogen-bond donors (Lipinski definition) is 2. The Morgan fingerprint density at radius 3 is 2.25 bits per heavy atom. The first kappa shape index (κ1) is 18.0. The van der Waals surface area contributed by atoms with E-state index in [2.05, 4.69) is 15.4 Å². The summed E-state index contributed by atoms with van der Waals surface area (Å²) in [7, 11) is 0. The van der Waals surface area contributed by atoms with Crippen LogP contribution in [0.25, 0.3) is 0 Å². The fourth-order valence-corrected chi connectivity index (χ4v) is 2.13. The predicted molar refractivity (Wildman–Crippen MR) is 88.5 cm³/mol. The van der Waals surface area contributed by atoms with Crippen molar-refractivity contribution < 1.29 is 18.3 Å². The first-order valence-electron chi connectivity index (χ1n) is 7.33. The molecule has 0 atom stereocenters. The number of carbonyl (C=O) groups excluding carboxylic acids is 1. The molecule has 128 valence electrons. The fraction of sp³-hybridized carbons (Fsp3) is 0.235. The molecule has 4 nitrogen and oxygen atoms in total. The lowest BCUT2D eigenvalue weighted by Crippen LogP contribution is -2.36. The molecule has 0 unspecified atom stereocenters. The molecule has 0 heterocycles. The summed E-state index contributed by atoms with van der Waals surface area (Å²) in [6, 6.07) is 13.2. The van der Waals surface area contributed by atoms with Crippen LogP contribution in [0.3, 0.4) is 0 Å². The van der Waals surface area contributed by atoms with Crippen molar-refractivity contribution in [3.05, 3.63) is 64.7 Å². The number of hydrogen-bond acceptors (Lipinski definition) is 2. The predicted octanol–water partition coefficient (Wildman–Crippen LogP) is 3.98. The van der Waals surface area contributed by atoms with E-state index in [9.17, 15) is 13.6 Å². The summed E-state index contributed by atoms with van der Waals surface area (Å²) in [6.45, 7) is -1.99. The van der Waals surface area contributed by atoms with Crippen LogP contribution in [0.15, 0.2) is 48.5 Å². The third-order valence-electron chi connectivity index (χ3n) is 3.21. The van der Waals surface area contributed by atoms with Gasteiger partial charge in [-0.05, 0) is 41.8 Å². The minimum Gasteiger partial charge on any atom is -0.435 e. The van der Waals surface area contributed by atoms with Gasteiger partial charge in [-0.2, -0.15) is 8.78 Å². The van der Waals surface area contributed by atoms with Crippen LogP contribution in [0.4, 0.5) is 13.6 Å². The van der Waals surface area contributed by atoms with Crippen molar-refractivity contribution in [1.29, 1.82) is 0 Å². The van der Waals surface area contributed by atoms with Crippen molar-refractivity contribution in [2.24, 2.45) is 0 Å². The molecule has 7 heteroatoms. The fourth-order valence-electron chi connectivity index (χ4n) is 2.01. The molecule has 0 aliphatic heterocycles. The highest BCUT2D eigenvalue weighted by molar-refractivity contribution is 6.30. The minimum atomic E-state index is -2.83. The van der Waals surface area contributed by atoms with Crippen LogP contribution in [0.1, 0.15) is 11.1 Å². The van der Waals surface area contributed by atoms with E-state index in [0.29, 0.717) is 24.5 Å². The molecule has 0 aliphatic rings. The van der Waals surface area contributed by atoms with Gasteiger partial charge in [-0.3, -0.25) is 0 Å². The van der Waals surface area contributed by atoms with Crippen molar-refractivity contribution in [1.82, 2.24) is 10.6 Å². The highest BCUT2D eigenvalue weighted by atomic mass is 35.5. The lowest BCUT2D eigenvalue weighted by atomic mass is 10.1. The summed E-state index contributed by atoms with van der Waals surface area (Å²) >= 11 is 5.79. The van der Waals surface area contributed by atoms with Gasteiger partial charge in [0.25, 0.3) is 0 Å². The number of amides is 2. The Morgan fingerprint density at radius 2 is 1.62 bits per heavy atom. The van der Waals surface area contributed by atoms with Gasteiger partial charge in [0.15, 0.2) is 0 Å². The number of nitrogens with one attached hydrogen (secondary N) is 2. The van der Waals surface area contributed by atoms with Gasteiger partial charge in [0.2, 0.25) is 0 Å². The Balaban J connectivity index is 1.67. The standard InChI is InChI=1S/C17H17ClF2N2O2/c18-14-5-1-13(2-6-14)11-22-17(23)21-10-9-12-3-7-15(8-4-12)24-16(19)20/h1-8,16H,9-11H2,(H2,21,22,23). The molecule has 2 aromatic rings. The van der Waals surface area contributed by atoms with E-state index in [1.807, 2.05) is 12.1 Å². The maximum absolute atomic E-state index is 12.0. The zero-order chi connectivity index (χ0) is 17.4. The molecular formula is C17H17ClF2N2O2. The van der Waals surface area contributed by atoms with Crippen LogP contribution < -0.4 is 15.4 Å². The largest absolute Gasteiger partial charge is 0.435 e. The van der Waals surface area contributed by atoms with Crippen molar-refractivity contribution in [3.63, 3.8) is 0 Å². The van der Waals surface area contributed by atoms with Gasteiger partial charge in [0.1, 0.15) is 5.75 Å². The highest BCUT2D eigenvalue weighted by Crippen LogP contribution is 2.15. The summed E-state index contributed by atoms with van der Waals surface area (Å²) < 4.78 is 28.4. The lowest BCUT2D eigenvalue weighted by molar-refractivity contribution is -0.0498. The molecule has 0 fully saturated rings. The van der Waals surface area contributed by atoms with Gasteiger partial charge in [-0.25, -0.2) is 4.79 Å². The molecule has 0 bridgehead atoms. The number of carbonyl (C=O) groups is 1. The van der Waals surface area contributed by atoms with E-state index >= 15 is 0 Å². The Kier molecular flexibility index (Phi) is 6.81. The Bertz CT molecular complexity index is 649. The molecule has 0 radical (unpaired) electrons. The quantitative estimate of drug-likeness (QED) is 0.790. The topological polar surface area (TPSA) is 50.4 Å². The third-order valence-corrected chi connectivity index (χ3v) is 3.47. The average molecular weight is 355 g/mol. The number of alkyl halides is 2. The molecule has 2 N–H and O–H groups in total. The second-order valence-electron chi connectivity index (χ2n) is 5.01. The number of benzene rings is 2. The molecule has 2 amide bonds. The van der Waals surface area contributed by atoms with Crippen molar-refractivity contribution in [2.75, 3.05) is 6.54 Å². The minimum absolute atomic E-state index is 0.113. The normalized spacial score (nSPS) is 10.5. The smallest absolute Gasteiger partial charge is 0.387 e. The van der Waals surface area contributed by atoms with Crippen LogP contribution in [0.2, 0.25) is 5.02 Å². The molecule has 24 heavy (non-hydrogen) atoms. The van der Waals surface area contributed by atoms with E-state index < -0.39 is 6.61 Å². The number of halogens is 3. The van der Waals surface area contributed by atoms with Crippen molar-refractivity contribution in [2.45, 2.75) is 19.6 Å². The average Bonchev–Trinajstić information content (AvgIpc) is 2.55. The Morgan fingerprint density at radius 1 is 1.00 bits per heavy atom. The number of rotatable bonds is 7. The van der Waals surface area contributed by atoms with Gasteiger partial charge < -0.3 is 15.4 Å².